The molecule has 100 valence electrons. The van der Waals surface area contributed by atoms with E-state index in [2.05, 4.69) is 10.0 Å². The molecule has 2 N–H and O–H groups in total. The molecule has 0 unspecified atom stereocenters. The third-order valence-corrected chi connectivity index (χ3v) is 4.36. The van der Waals surface area contributed by atoms with Gasteiger partial charge >= 0.3 is 0 Å². The van der Waals surface area contributed by atoms with Crippen LogP contribution in [0.5, 0.6) is 0 Å². The summed E-state index contributed by atoms with van der Waals surface area (Å²) in [6.45, 7) is 2.71. The minimum Gasteiger partial charge on any atom is -0.310 e. The maximum absolute atomic E-state index is 11.6. The van der Waals surface area contributed by atoms with Gasteiger partial charge in [-0.1, -0.05) is 19.1 Å². The fraction of sp³-hybridized carbons (Fsp3) is 0.538. The van der Waals surface area contributed by atoms with Gasteiger partial charge in [0.1, 0.15) is 0 Å². The highest BCUT2D eigenvalue weighted by Crippen LogP contribution is 2.19. The van der Waals surface area contributed by atoms with Gasteiger partial charge in [-0.15, -0.1) is 0 Å². The second-order valence-electron chi connectivity index (χ2n) is 4.77. The molecule has 0 amide bonds. The Hall–Kier alpha value is -1.07. The molecule has 0 bridgehead atoms. The van der Waals surface area contributed by atoms with Crippen molar-refractivity contribution in [3.8, 4) is 0 Å². The Labute approximate surface area is 109 Å². The zero-order valence-electron chi connectivity index (χ0n) is 10.6. The molecule has 0 atom stereocenters. The van der Waals surface area contributed by atoms with Crippen molar-refractivity contribution in [2.24, 2.45) is 0 Å². The third-order valence-electron chi connectivity index (χ3n) is 2.87. The van der Waals surface area contributed by atoms with Crippen molar-refractivity contribution in [1.29, 1.82) is 0 Å². The van der Waals surface area contributed by atoms with Crippen LogP contribution in [-0.4, -0.2) is 20.2 Å². The molecule has 0 heterocycles. The second kappa shape index (κ2) is 5.71. The van der Waals surface area contributed by atoms with Crippen molar-refractivity contribution in [1.82, 2.24) is 5.32 Å². The Morgan fingerprint density at radius 3 is 2.44 bits per heavy atom. The number of sulfonamides is 1. The van der Waals surface area contributed by atoms with Crippen molar-refractivity contribution in [3.63, 3.8) is 0 Å². The summed E-state index contributed by atoms with van der Waals surface area (Å²) in [5.41, 5.74) is 1.82. The predicted octanol–water partition coefficient (Wildman–Crippen LogP) is 2.09. The molecular weight excluding hydrogens is 248 g/mol. The predicted molar refractivity (Wildman–Crippen MR) is 74.0 cm³/mol. The highest BCUT2D eigenvalue weighted by Gasteiger charge is 2.19. The van der Waals surface area contributed by atoms with Crippen LogP contribution < -0.4 is 10.0 Å². The molecule has 1 fully saturated rings. The van der Waals surface area contributed by atoms with E-state index < -0.39 is 10.0 Å². The maximum Gasteiger partial charge on any atom is 0.232 e. The van der Waals surface area contributed by atoms with Gasteiger partial charge in [-0.05, 0) is 37.0 Å². The summed E-state index contributed by atoms with van der Waals surface area (Å²) in [6.07, 6.45) is 3.17. The lowest BCUT2D eigenvalue weighted by Crippen LogP contribution is -2.17. The first-order chi connectivity index (χ1) is 8.59. The summed E-state index contributed by atoms with van der Waals surface area (Å²) in [7, 11) is -3.18. The number of benzene rings is 1. The van der Waals surface area contributed by atoms with Gasteiger partial charge in [0.15, 0.2) is 0 Å². The number of rotatable bonds is 7. The van der Waals surface area contributed by atoms with Crippen LogP contribution in [0.4, 0.5) is 5.69 Å². The number of anilines is 1. The molecule has 1 saturated carbocycles. The molecule has 0 saturated heterocycles. The van der Waals surface area contributed by atoms with Gasteiger partial charge in [-0.2, -0.15) is 0 Å². The van der Waals surface area contributed by atoms with E-state index >= 15 is 0 Å². The smallest absolute Gasteiger partial charge is 0.232 e. The molecule has 0 aromatic heterocycles. The molecule has 0 aliphatic heterocycles. The average Bonchev–Trinajstić information content (AvgIpc) is 3.11. The lowest BCUT2D eigenvalue weighted by molar-refractivity contribution is 0.600. The molecule has 1 aliphatic rings. The highest BCUT2D eigenvalue weighted by molar-refractivity contribution is 7.92. The molecule has 18 heavy (non-hydrogen) atoms. The zero-order valence-corrected chi connectivity index (χ0v) is 11.5. The molecule has 2 rings (SSSR count). The monoisotopic (exact) mass is 268 g/mol. The summed E-state index contributed by atoms with van der Waals surface area (Å²) in [6, 6.07) is 8.24. The van der Waals surface area contributed by atoms with Crippen LogP contribution in [0.25, 0.3) is 0 Å². The van der Waals surface area contributed by atoms with Crippen LogP contribution >= 0.6 is 0 Å². The van der Waals surface area contributed by atoms with Gasteiger partial charge < -0.3 is 5.32 Å². The summed E-state index contributed by atoms with van der Waals surface area (Å²) < 4.78 is 25.7. The Morgan fingerprint density at radius 2 is 1.89 bits per heavy atom. The summed E-state index contributed by atoms with van der Waals surface area (Å²) in [5.74, 6) is 0.165. The molecule has 4 nitrogen and oxygen atoms in total. The van der Waals surface area contributed by atoms with E-state index in [1.165, 1.54) is 18.4 Å². The summed E-state index contributed by atoms with van der Waals surface area (Å²) in [4.78, 5) is 0. The zero-order chi connectivity index (χ0) is 13.0. The SMILES string of the molecule is CCCS(=O)(=O)Nc1ccc(CNC2CC2)cc1. The van der Waals surface area contributed by atoms with Crippen molar-refractivity contribution in [3.05, 3.63) is 29.8 Å². The lowest BCUT2D eigenvalue weighted by Gasteiger charge is -2.08. The fourth-order valence-corrected chi connectivity index (χ4v) is 2.87. The molecule has 1 aliphatic carbocycles. The molecule has 0 radical (unpaired) electrons. The van der Waals surface area contributed by atoms with Crippen LogP contribution in [0.1, 0.15) is 31.7 Å². The Bertz CT molecular complexity index is 478. The Morgan fingerprint density at radius 1 is 1.22 bits per heavy atom. The van der Waals surface area contributed by atoms with Crippen LogP contribution in [0.2, 0.25) is 0 Å². The number of hydrogen-bond acceptors (Lipinski definition) is 3. The van der Waals surface area contributed by atoms with Gasteiger partial charge in [0.05, 0.1) is 5.75 Å². The molecule has 0 spiro atoms. The Balaban J connectivity index is 1.90. The Kier molecular flexibility index (Phi) is 4.24. The first kappa shape index (κ1) is 13.4. The van der Waals surface area contributed by atoms with Crippen molar-refractivity contribution in [2.75, 3.05) is 10.5 Å². The normalized spacial score (nSPS) is 15.6. The standard InChI is InChI=1S/C13H20N2O2S/c1-2-9-18(16,17)15-13-5-3-11(4-6-13)10-14-12-7-8-12/h3-6,12,14-15H,2,7-10H2,1H3. The topological polar surface area (TPSA) is 58.2 Å². The van der Waals surface area contributed by atoms with E-state index in [1.54, 1.807) is 0 Å². The molecule has 1 aromatic rings. The van der Waals surface area contributed by atoms with E-state index in [9.17, 15) is 8.42 Å². The largest absolute Gasteiger partial charge is 0.310 e. The highest BCUT2D eigenvalue weighted by atomic mass is 32.2. The van der Waals surface area contributed by atoms with Crippen LogP contribution in [0.15, 0.2) is 24.3 Å². The van der Waals surface area contributed by atoms with Crippen LogP contribution in [0.3, 0.4) is 0 Å². The lowest BCUT2D eigenvalue weighted by atomic mass is 10.2. The maximum atomic E-state index is 11.6. The minimum atomic E-state index is -3.18. The van der Waals surface area contributed by atoms with Crippen LogP contribution in [-0.2, 0) is 16.6 Å². The van der Waals surface area contributed by atoms with Gasteiger partial charge in [0.2, 0.25) is 10.0 Å². The van der Waals surface area contributed by atoms with Crippen molar-refractivity contribution < 1.29 is 8.42 Å². The molecule has 5 heteroatoms. The summed E-state index contributed by atoms with van der Waals surface area (Å²) >= 11 is 0. The van der Waals surface area contributed by atoms with E-state index in [1.807, 2.05) is 31.2 Å². The van der Waals surface area contributed by atoms with Gasteiger partial charge in [-0.25, -0.2) is 8.42 Å². The summed E-state index contributed by atoms with van der Waals surface area (Å²) in [5, 5.41) is 3.42. The average molecular weight is 268 g/mol. The van der Waals surface area contributed by atoms with Gasteiger partial charge in [0, 0.05) is 18.3 Å². The fourth-order valence-electron chi connectivity index (χ4n) is 1.74. The van der Waals surface area contributed by atoms with Gasteiger partial charge in [0.25, 0.3) is 0 Å². The van der Waals surface area contributed by atoms with Gasteiger partial charge in [-0.3, -0.25) is 4.72 Å². The van der Waals surface area contributed by atoms with E-state index in [4.69, 9.17) is 0 Å². The van der Waals surface area contributed by atoms with Crippen molar-refractivity contribution >= 4 is 15.7 Å². The molecular formula is C13H20N2O2S. The van der Waals surface area contributed by atoms with E-state index in [0.717, 1.165) is 6.54 Å². The first-order valence-electron chi connectivity index (χ1n) is 6.42. The third kappa shape index (κ3) is 4.31. The van der Waals surface area contributed by atoms with E-state index in [0.29, 0.717) is 18.2 Å². The second-order valence-corrected chi connectivity index (χ2v) is 6.61. The number of nitrogens with one attached hydrogen (secondary N) is 2. The van der Waals surface area contributed by atoms with Crippen molar-refractivity contribution in [2.45, 2.75) is 38.8 Å². The first-order valence-corrected chi connectivity index (χ1v) is 8.07. The van der Waals surface area contributed by atoms with E-state index in [-0.39, 0.29) is 5.75 Å². The van der Waals surface area contributed by atoms with Crippen LogP contribution in [0, 0.1) is 0 Å². The quantitative estimate of drug-likeness (QED) is 0.796. The number of hydrogen-bond donors (Lipinski definition) is 2. The minimum absolute atomic E-state index is 0.165. The molecule has 1 aromatic carbocycles.